The Bertz CT molecular complexity index is 1240. The third-order valence-corrected chi connectivity index (χ3v) is 6.50. The van der Waals surface area contributed by atoms with Crippen molar-refractivity contribution in [2.24, 2.45) is 0 Å². The van der Waals surface area contributed by atoms with Gasteiger partial charge in [-0.3, -0.25) is 10.6 Å². The van der Waals surface area contributed by atoms with E-state index in [1.807, 2.05) is 0 Å². The van der Waals surface area contributed by atoms with Crippen molar-refractivity contribution in [2.45, 2.75) is 9.79 Å². The fourth-order valence-corrected chi connectivity index (χ4v) is 4.73. The summed E-state index contributed by atoms with van der Waals surface area (Å²) in [7, 11) is 4.40. The van der Waals surface area contributed by atoms with Gasteiger partial charge in [-0.2, -0.15) is 0 Å². The Morgan fingerprint density at radius 3 is 1.59 bits per heavy atom. The van der Waals surface area contributed by atoms with Crippen molar-refractivity contribution in [2.75, 3.05) is 24.9 Å². The van der Waals surface area contributed by atoms with Crippen molar-refractivity contribution < 1.29 is 27.8 Å². The van der Waals surface area contributed by atoms with E-state index in [4.69, 9.17) is 0 Å². The molecule has 2 aromatic carbocycles. The number of anilines is 2. The molecule has 0 saturated heterocycles. The van der Waals surface area contributed by atoms with E-state index in [1.165, 1.54) is 38.5 Å². The highest BCUT2D eigenvalue weighted by Crippen LogP contribution is 2.41. The fourth-order valence-electron chi connectivity index (χ4n) is 2.65. The van der Waals surface area contributed by atoms with E-state index in [9.17, 15) is 18.4 Å². The maximum atomic E-state index is 14.5. The molecular formula is C18H14F2N6O4S2. The molecule has 0 aliphatic rings. The number of rotatable bonds is 5. The number of H-pyrrole nitrogens is 2. The van der Waals surface area contributed by atoms with Crippen LogP contribution in [0.25, 0.3) is 22.1 Å². The molecule has 2 aromatic heterocycles. The number of methoxy groups -OCH3 is 2. The molecule has 2 heterocycles. The Morgan fingerprint density at radius 1 is 0.812 bits per heavy atom. The summed E-state index contributed by atoms with van der Waals surface area (Å²) in [6.07, 6.45) is -1.44. The molecule has 0 atom stereocenters. The molecule has 0 aliphatic heterocycles. The van der Waals surface area contributed by atoms with Gasteiger partial charge in [0.2, 0.25) is 11.9 Å². The van der Waals surface area contributed by atoms with Gasteiger partial charge in [-0.15, -0.1) is 0 Å². The summed E-state index contributed by atoms with van der Waals surface area (Å²) in [4.78, 5) is 36.9. The van der Waals surface area contributed by atoms with Gasteiger partial charge in [-0.1, -0.05) is 0 Å². The molecule has 0 unspecified atom stereocenters. The first kappa shape index (κ1) is 21.7. The average Bonchev–Trinajstić information content (AvgIpc) is 3.33. The van der Waals surface area contributed by atoms with Gasteiger partial charge >= 0.3 is 12.2 Å². The highest BCUT2D eigenvalue weighted by Gasteiger charge is 2.15. The lowest BCUT2D eigenvalue weighted by atomic mass is 10.3. The minimum absolute atomic E-state index is 0.104. The molecule has 32 heavy (non-hydrogen) atoms. The van der Waals surface area contributed by atoms with Crippen LogP contribution in [0.3, 0.4) is 0 Å². The van der Waals surface area contributed by atoms with Crippen LogP contribution in [0.5, 0.6) is 0 Å². The third-order valence-electron chi connectivity index (χ3n) is 4.10. The highest BCUT2D eigenvalue weighted by atomic mass is 33.1. The van der Waals surface area contributed by atoms with Crippen molar-refractivity contribution in [3.63, 3.8) is 0 Å². The van der Waals surface area contributed by atoms with E-state index in [-0.39, 0.29) is 21.7 Å². The summed E-state index contributed by atoms with van der Waals surface area (Å²) in [6, 6.07) is 5.41. The zero-order valence-corrected chi connectivity index (χ0v) is 18.0. The molecule has 4 rings (SSSR count). The number of halogens is 2. The number of amides is 2. The monoisotopic (exact) mass is 480 g/mol. The number of fused-ring (bicyclic) bond motifs is 2. The van der Waals surface area contributed by atoms with Crippen LogP contribution in [-0.4, -0.2) is 46.3 Å². The van der Waals surface area contributed by atoms with Gasteiger partial charge in [0.15, 0.2) is 0 Å². The summed E-state index contributed by atoms with van der Waals surface area (Å²) in [5.41, 5.74) is 1.56. The van der Waals surface area contributed by atoms with E-state index < -0.39 is 23.8 Å². The molecule has 166 valence electrons. The average molecular weight is 480 g/mol. The molecule has 0 fully saturated rings. The number of ether oxygens (including phenoxy) is 2. The normalized spacial score (nSPS) is 11.0. The first-order chi connectivity index (χ1) is 15.4. The van der Waals surface area contributed by atoms with Crippen LogP contribution < -0.4 is 10.6 Å². The maximum Gasteiger partial charge on any atom is 0.413 e. The van der Waals surface area contributed by atoms with Crippen LogP contribution in [0, 0.1) is 11.6 Å². The van der Waals surface area contributed by atoms with Crippen molar-refractivity contribution >= 4 is 67.7 Å². The predicted molar refractivity (Wildman–Crippen MR) is 116 cm³/mol. The molecule has 0 saturated carbocycles. The first-order valence-corrected chi connectivity index (χ1v) is 10.9. The van der Waals surface area contributed by atoms with Gasteiger partial charge in [-0.05, 0) is 33.7 Å². The zero-order chi connectivity index (χ0) is 22.8. The van der Waals surface area contributed by atoms with Crippen LogP contribution in [0.1, 0.15) is 0 Å². The third kappa shape index (κ3) is 4.55. The number of nitrogens with one attached hydrogen (secondary N) is 4. The van der Waals surface area contributed by atoms with Crippen LogP contribution >= 0.6 is 21.6 Å². The summed E-state index contributed by atoms with van der Waals surface area (Å²) in [6.45, 7) is 0. The number of aromatic nitrogens is 4. The topological polar surface area (TPSA) is 134 Å². The molecule has 0 spiro atoms. The number of nitrogens with zero attached hydrogens (tertiary/aromatic N) is 2. The van der Waals surface area contributed by atoms with Gasteiger partial charge in [-0.25, -0.2) is 28.3 Å². The number of hydrogen-bond acceptors (Lipinski definition) is 8. The van der Waals surface area contributed by atoms with E-state index in [0.29, 0.717) is 22.1 Å². The second kappa shape index (κ2) is 8.92. The minimum Gasteiger partial charge on any atom is -0.453 e. The molecule has 0 aliphatic carbocycles. The van der Waals surface area contributed by atoms with E-state index in [1.54, 1.807) is 0 Å². The summed E-state index contributed by atoms with van der Waals surface area (Å²) in [5.74, 6) is -0.886. The second-order valence-electron chi connectivity index (χ2n) is 6.17. The Hall–Kier alpha value is -3.52. The zero-order valence-electron chi connectivity index (χ0n) is 16.4. The van der Waals surface area contributed by atoms with Crippen molar-refractivity contribution in [3.05, 3.63) is 35.9 Å². The molecular weight excluding hydrogens is 466 g/mol. The van der Waals surface area contributed by atoms with E-state index in [2.05, 4.69) is 40.0 Å². The number of benzene rings is 2. The Kier molecular flexibility index (Phi) is 6.05. The lowest BCUT2D eigenvalue weighted by Crippen LogP contribution is -2.11. The maximum absolute atomic E-state index is 14.5. The van der Waals surface area contributed by atoms with Gasteiger partial charge in [0.05, 0.1) is 46.1 Å². The molecule has 0 bridgehead atoms. The number of hydrogen-bond donors (Lipinski definition) is 4. The summed E-state index contributed by atoms with van der Waals surface area (Å²) >= 11 is 0. The molecule has 0 radical (unpaired) electrons. The number of carbonyl (C=O) groups is 2. The minimum atomic E-state index is -0.719. The van der Waals surface area contributed by atoms with Gasteiger partial charge in [0.1, 0.15) is 11.6 Å². The van der Waals surface area contributed by atoms with Crippen LogP contribution in [-0.2, 0) is 9.47 Å². The quantitative estimate of drug-likeness (QED) is 0.297. The summed E-state index contributed by atoms with van der Waals surface area (Å²) in [5, 5.41) is 4.73. The van der Waals surface area contributed by atoms with Gasteiger partial charge in [0.25, 0.3) is 0 Å². The van der Waals surface area contributed by atoms with Gasteiger partial charge in [0, 0.05) is 12.1 Å². The largest absolute Gasteiger partial charge is 0.453 e. The van der Waals surface area contributed by atoms with Gasteiger partial charge < -0.3 is 19.4 Å². The van der Waals surface area contributed by atoms with Crippen LogP contribution in [0.2, 0.25) is 0 Å². The Labute approximate surface area is 186 Å². The van der Waals surface area contributed by atoms with Crippen LogP contribution in [0.4, 0.5) is 30.3 Å². The van der Waals surface area contributed by atoms with Crippen molar-refractivity contribution in [1.29, 1.82) is 0 Å². The smallest absolute Gasteiger partial charge is 0.413 e. The number of imidazole rings is 2. The SMILES string of the molecule is COC(=O)Nc1nc2cc(SSc3cc4nc(NC(=O)OC)[nH]c4cc3F)c(F)cc2[nH]1. The molecule has 2 amide bonds. The first-order valence-electron chi connectivity index (χ1n) is 8.79. The Balaban J connectivity index is 1.54. The number of carbonyl (C=O) groups excluding carboxylic acids is 2. The van der Waals surface area contributed by atoms with E-state index >= 15 is 0 Å². The number of aromatic amines is 2. The van der Waals surface area contributed by atoms with Crippen LogP contribution in [0.15, 0.2) is 34.1 Å². The van der Waals surface area contributed by atoms with E-state index in [0.717, 1.165) is 21.6 Å². The molecule has 4 aromatic rings. The van der Waals surface area contributed by atoms with Crippen molar-refractivity contribution in [1.82, 2.24) is 19.9 Å². The molecule has 14 heteroatoms. The Morgan fingerprint density at radius 2 is 1.22 bits per heavy atom. The lowest BCUT2D eigenvalue weighted by Gasteiger charge is -2.04. The molecule has 10 nitrogen and oxygen atoms in total. The van der Waals surface area contributed by atoms with Crippen molar-refractivity contribution in [3.8, 4) is 0 Å². The lowest BCUT2D eigenvalue weighted by molar-refractivity contribution is 0.186. The standard InChI is InChI=1S/C18H14F2N6O4S2/c1-29-17(27)25-15-21-9-3-7(19)13(5-11(9)23-15)31-32-14-6-12-10(4-8(14)20)22-16(24-12)26-18(28)30-2/h3-6H,1-2H3,(H2,21,23,25,27)(H2,22,24,26,28). The molecule has 4 N–H and O–H groups in total. The predicted octanol–water partition coefficient (Wildman–Crippen LogP) is 4.87. The summed E-state index contributed by atoms with van der Waals surface area (Å²) < 4.78 is 38.0. The fraction of sp³-hybridized carbons (Fsp3) is 0.111. The second-order valence-corrected chi connectivity index (χ2v) is 8.38. The highest BCUT2D eigenvalue weighted by molar-refractivity contribution is 8.76.